The summed E-state index contributed by atoms with van der Waals surface area (Å²) in [4.78, 5) is 14.0. The van der Waals surface area contributed by atoms with Gasteiger partial charge < -0.3 is 4.90 Å². The minimum Gasteiger partial charge on any atom is -0.338 e. The van der Waals surface area contributed by atoms with E-state index in [1.54, 1.807) is 11.9 Å². The zero-order chi connectivity index (χ0) is 18.2. The fourth-order valence-corrected chi connectivity index (χ4v) is 4.96. The standard InChI is InChI=1S/C18H25FN2O3S/c1-12-5-3-4-6-16(12)21(2)18(22)13-7-10-15(19)17(11-13)25(23,24)20-14-8-9-14/h7,10-12,14,16,20H,3-6,8-9H2,1-2H3. The molecule has 5 nitrogen and oxygen atoms in total. The number of carbonyl (C=O) groups excluding carboxylic acids is 1. The molecule has 2 saturated carbocycles. The third-order valence-corrected chi connectivity index (χ3v) is 6.79. The predicted octanol–water partition coefficient (Wildman–Crippen LogP) is 2.92. The van der Waals surface area contributed by atoms with Gasteiger partial charge in [0.1, 0.15) is 10.7 Å². The average molecular weight is 368 g/mol. The lowest BCUT2D eigenvalue weighted by Gasteiger charge is -2.36. The van der Waals surface area contributed by atoms with Gasteiger partial charge in [-0.05, 0) is 49.8 Å². The lowest BCUT2D eigenvalue weighted by atomic mass is 9.85. The summed E-state index contributed by atoms with van der Waals surface area (Å²) in [6.45, 7) is 2.13. The second-order valence-electron chi connectivity index (χ2n) is 7.29. The molecule has 0 bridgehead atoms. The normalized spacial score (nSPS) is 24.1. The lowest BCUT2D eigenvalue weighted by molar-refractivity contribution is 0.0628. The van der Waals surface area contributed by atoms with E-state index in [0.717, 1.165) is 44.2 Å². The van der Waals surface area contributed by atoms with Crippen molar-refractivity contribution in [3.05, 3.63) is 29.6 Å². The maximum absolute atomic E-state index is 14.1. The Morgan fingerprint density at radius 2 is 1.88 bits per heavy atom. The highest BCUT2D eigenvalue weighted by Gasteiger charge is 2.32. The molecule has 3 rings (SSSR count). The molecule has 1 aromatic rings. The third kappa shape index (κ3) is 4.03. The molecule has 1 N–H and O–H groups in total. The number of sulfonamides is 1. The fourth-order valence-electron chi connectivity index (χ4n) is 3.55. The molecule has 0 radical (unpaired) electrons. The molecule has 1 amide bonds. The Labute approximate surface area is 148 Å². The first kappa shape index (κ1) is 18.3. The van der Waals surface area contributed by atoms with Gasteiger partial charge in [0.05, 0.1) is 0 Å². The van der Waals surface area contributed by atoms with Crippen molar-refractivity contribution < 1.29 is 17.6 Å². The maximum atomic E-state index is 14.1. The molecule has 2 unspecified atom stereocenters. The molecule has 0 saturated heterocycles. The highest BCUT2D eigenvalue weighted by Crippen LogP contribution is 2.29. The Bertz CT molecular complexity index is 762. The summed E-state index contributed by atoms with van der Waals surface area (Å²) in [7, 11) is -2.20. The number of hydrogen-bond acceptors (Lipinski definition) is 3. The topological polar surface area (TPSA) is 66.5 Å². The quantitative estimate of drug-likeness (QED) is 0.869. The van der Waals surface area contributed by atoms with Crippen LogP contribution in [0.1, 0.15) is 55.8 Å². The summed E-state index contributed by atoms with van der Waals surface area (Å²) in [5.41, 5.74) is 0.206. The molecule has 0 spiro atoms. The molecule has 2 aliphatic carbocycles. The van der Waals surface area contributed by atoms with Crippen molar-refractivity contribution in [3.8, 4) is 0 Å². The molecular weight excluding hydrogens is 343 g/mol. The Hall–Kier alpha value is -1.47. The minimum atomic E-state index is -3.94. The van der Waals surface area contributed by atoms with E-state index in [2.05, 4.69) is 11.6 Å². The van der Waals surface area contributed by atoms with Gasteiger partial charge >= 0.3 is 0 Å². The van der Waals surface area contributed by atoms with Gasteiger partial charge in [-0.25, -0.2) is 17.5 Å². The predicted molar refractivity (Wildman–Crippen MR) is 93.3 cm³/mol. The molecule has 25 heavy (non-hydrogen) atoms. The van der Waals surface area contributed by atoms with Crippen molar-refractivity contribution in [2.45, 2.75) is 62.4 Å². The number of carbonyl (C=O) groups is 1. The molecule has 2 fully saturated rings. The Morgan fingerprint density at radius 3 is 2.52 bits per heavy atom. The summed E-state index contributed by atoms with van der Waals surface area (Å²) in [5, 5.41) is 0. The van der Waals surface area contributed by atoms with Crippen molar-refractivity contribution in [2.24, 2.45) is 5.92 Å². The van der Waals surface area contributed by atoms with E-state index in [9.17, 15) is 17.6 Å². The van der Waals surface area contributed by atoms with Crippen molar-refractivity contribution in [3.63, 3.8) is 0 Å². The number of benzene rings is 1. The molecule has 7 heteroatoms. The van der Waals surface area contributed by atoms with E-state index in [0.29, 0.717) is 5.92 Å². The molecule has 0 aromatic heterocycles. The summed E-state index contributed by atoms with van der Waals surface area (Å²) in [6.07, 6.45) is 5.81. The van der Waals surface area contributed by atoms with Crippen molar-refractivity contribution in [2.75, 3.05) is 7.05 Å². The average Bonchev–Trinajstić information content (AvgIpc) is 3.37. The Morgan fingerprint density at radius 1 is 1.20 bits per heavy atom. The van der Waals surface area contributed by atoms with Gasteiger partial charge in [0.2, 0.25) is 10.0 Å². The highest BCUT2D eigenvalue weighted by atomic mass is 32.2. The van der Waals surface area contributed by atoms with Crippen LogP contribution in [0.25, 0.3) is 0 Å². The van der Waals surface area contributed by atoms with Gasteiger partial charge in [0.15, 0.2) is 0 Å². The van der Waals surface area contributed by atoms with Gasteiger partial charge in [0.25, 0.3) is 5.91 Å². The number of hydrogen-bond donors (Lipinski definition) is 1. The van der Waals surface area contributed by atoms with Crippen molar-refractivity contribution in [1.82, 2.24) is 9.62 Å². The fraction of sp³-hybridized carbons (Fsp3) is 0.611. The number of nitrogens with one attached hydrogen (secondary N) is 1. The maximum Gasteiger partial charge on any atom is 0.253 e. The van der Waals surface area contributed by atoms with Crippen LogP contribution in [-0.2, 0) is 10.0 Å². The Balaban J connectivity index is 1.84. The minimum absolute atomic E-state index is 0.116. The second-order valence-corrected chi connectivity index (χ2v) is 8.97. The van der Waals surface area contributed by atoms with E-state index in [1.807, 2.05) is 0 Å². The third-order valence-electron chi connectivity index (χ3n) is 5.25. The summed E-state index contributed by atoms with van der Waals surface area (Å²) in [5.74, 6) is -0.692. The van der Waals surface area contributed by atoms with E-state index < -0.39 is 20.7 Å². The zero-order valence-electron chi connectivity index (χ0n) is 14.7. The van der Waals surface area contributed by atoms with Crippen molar-refractivity contribution >= 4 is 15.9 Å². The molecule has 0 aliphatic heterocycles. The van der Waals surface area contributed by atoms with Crippen LogP contribution in [0.4, 0.5) is 4.39 Å². The summed E-state index contributed by atoms with van der Waals surface area (Å²) in [6, 6.07) is 3.60. The highest BCUT2D eigenvalue weighted by molar-refractivity contribution is 7.89. The molecule has 2 atom stereocenters. The second kappa shape index (κ2) is 7.03. The largest absolute Gasteiger partial charge is 0.338 e. The van der Waals surface area contributed by atoms with Crippen LogP contribution in [-0.4, -0.2) is 38.4 Å². The zero-order valence-corrected chi connectivity index (χ0v) is 15.5. The van der Waals surface area contributed by atoms with E-state index in [4.69, 9.17) is 0 Å². The number of halogens is 1. The summed E-state index contributed by atoms with van der Waals surface area (Å²) >= 11 is 0. The molecule has 138 valence electrons. The van der Waals surface area contributed by atoms with Gasteiger partial charge in [-0.2, -0.15) is 0 Å². The van der Waals surface area contributed by atoms with E-state index in [-0.39, 0.29) is 23.6 Å². The number of amides is 1. The van der Waals surface area contributed by atoms with Gasteiger partial charge in [-0.15, -0.1) is 0 Å². The number of nitrogens with zero attached hydrogens (tertiary/aromatic N) is 1. The number of rotatable bonds is 5. The van der Waals surface area contributed by atoms with Crippen LogP contribution >= 0.6 is 0 Å². The molecule has 1 aromatic carbocycles. The van der Waals surface area contributed by atoms with E-state index >= 15 is 0 Å². The first-order valence-corrected chi connectivity index (χ1v) is 10.4. The van der Waals surface area contributed by atoms with E-state index in [1.165, 1.54) is 12.5 Å². The molecule has 2 aliphatic rings. The van der Waals surface area contributed by atoms with Crippen LogP contribution in [0, 0.1) is 11.7 Å². The van der Waals surface area contributed by atoms with Crippen LogP contribution in [0.5, 0.6) is 0 Å². The summed E-state index contributed by atoms with van der Waals surface area (Å²) < 4.78 is 41.2. The SMILES string of the molecule is CC1CCCCC1N(C)C(=O)c1ccc(F)c(S(=O)(=O)NC2CC2)c1. The van der Waals surface area contributed by atoms with Gasteiger partial charge in [0, 0.05) is 24.7 Å². The molecule has 0 heterocycles. The van der Waals surface area contributed by atoms with Crippen molar-refractivity contribution in [1.29, 1.82) is 0 Å². The van der Waals surface area contributed by atoms with Crippen LogP contribution < -0.4 is 4.72 Å². The molecular formula is C18H25FN2O3S. The smallest absolute Gasteiger partial charge is 0.253 e. The monoisotopic (exact) mass is 368 g/mol. The van der Waals surface area contributed by atoms with Crippen LogP contribution in [0.2, 0.25) is 0 Å². The van der Waals surface area contributed by atoms with Gasteiger partial charge in [-0.3, -0.25) is 4.79 Å². The van der Waals surface area contributed by atoms with Gasteiger partial charge in [-0.1, -0.05) is 19.8 Å². The first-order chi connectivity index (χ1) is 11.8. The van der Waals surface area contributed by atoms with Crippen LogP contribution in [0.3, 0.4) is 0 Å². The Kier molecular flexibility index (Phi) is 5.16. The first-order valence-electron chi connectivity index (χ1n) is 8.88. The van der Waals surface area contributed by atoms with Crippen LogP contribution in [0.15, 0.2) is 23.1 Å². The lowest BCUT2D eigenvalue weighted by Crippen LogP contribution is -2.42.